The Morgan fingerprint density at radius 2 is 1.90 bits per heavy atom. The zero-order valence-corrected chi connectivity index (χ0v) is 22.1. The third-order valence-electron chi connectivity index (χ3n) is 6.99. The highest BCUT2D eigenvalue weighted by atomic mass is 19.1. The van der Waals surface area contributed by atoms with Crippen LogP contribution < -0.4 is 10.2 Å². The van der Waals surface area contributed by atoms with Crippen LogP contribution in [-0.2, 0) is 0 Å². The fourth-order valence-electron chi connectivity index (χ4n) is 4.98. The standard InChI is InChI=1S/C27H31FN10O/c1-15(2)10-20(39)32-17-11-16(12-29-13-17)23-22(28)21-19(14-31-23)35-36-25(21)26-33-18-4-5-30-27(24(18)34-26)38-8-6-37(3)7-9-38/h4-5,11-15,20,32,39H,6-10H2,1-3H3,(H,33,34)(H,35,36). The number of aliphatic hydroxyl groups excluding tert-OH is 1. The molecule has 1 atom stereocenters. The highest BCUT2D eigenvalue weighted by molar-refractivity contribution is 5.96. The van der Waals surface area contributed by atoms with Crippen molar-refractivity contribution in [2.45, 2.75) is 26.5 Å². The molecule has 0 aromatic carbocycles. The number of pyridine rings is 3. The molecular formula is C27H31FN10O. The van der Waals surface area contributed by atoms with Crippen LogP contribution in [0, 0.1) is 11.7 Å². The van der Waals surface area contributed by atoms with Gasteiger partial charge < -0.3 is 25.2 Å². The predicted octanol–water partition coefficient (Wildman–Crippen LogP) is 3.63. The normalized spacial score (nSPS) is 15.5. The van der Waals surface area contributed by atoms with Gasteiger partial charge in [-0.2, -0.15) is 5.10 Å². The molecule has 1 unspecified atom stereocenters. The van der Waals surface area contributed by atoms with Gasteiger partial charge in [0.2, 0.25) is 0 Å². The number of aliphatic hydroxyl groups is 1. The molecule has 39 heavy (non-hydrogen) atoms. The summed E-state index contributed by atoms with van der Waals surface area (Å²) in [6.07, 6.45) is 6.29. The first kappa shape index (κ1) is 25.1. The minimum absolute atomic E-state index is 0.135. The van der Waals surface area contributed by atoms with Crippen LogP contribution in [0.4, 0.5) is 15.9 Å². The van der Waals surface area contributed by atoms with Crippen molar-refractivity contribution in [2.24, 2.45) is 5.92 Å². The van der Waals surface area contributed by atoms with Gasteiger partial charge in [0, 0.05) is 44.1 Å². The SMILES string of the molecule is CC(C)CC(O)Nc1cncc(-c2ncc3[nH]nc(-c4nc5c(N6CCN(C)CC6)nccc5[nH]4)c3c2F)c1. The van der Waals surface area contributed by atoms with Crippen LogP contribution in [0.1, 0.15) is 20.3 Å². The maximum Gasteiger partial charge on any atom is 0.161 e. The first-order chi connectivity index (χ1) is 18.9. The number of aromatic nitrogens is 7. The van der Waals surface area contributed by atoms with Gasteiger partial charge in [0.15, 0.2) is 17.5 Å². The van der Waals surface area contributed by atoms with Gasteiger partial charge in [-0.15, -0.1) is 0 Å². The first-order valence-corrected chi connectivity index (χ1v) is 13.1. The van der Waals surface area contributed by atoms with Crippen LogP contribution in [0.15, 0.2) is 36.9 Å². The van der Waals surface area contributed by atoms with Crippen LogP contribution in [0.5, 0.6) is 0 Å². The number of likely N-dealkylation sites (N-methyl/N-ethyl adjacent to an activating group) is 1. The molecule has 0 radical (unpaired) electrons. The van der Waals surface area contributed by atoms with E-state index in [0.717, 1.165) is 43.0 Å². The summed E-state index contributed by atoms with van der Waals surface area (Å²) in [6, 6.07) is 3.59. The number of piperazine rings is 1. The van der Waals surface area contributed by atoms with Crippen LogP contribution in [0.3, 0.4) is 0 Å². The third kappa shape index (κ3) is 4.88. The molecule has 4 N–H and O–H groups in total. The lowest BCUT2D eigenvalue weighted by molar-refractivity contribution is 0.176. The van der Waals surface area contributed by atoms with Crippen molar-refractivity contribution in [2.75, 3.05) is 43.4 Å². The molecule has 202 valence electrons. The summed E-state index contributed by atoms with van der Waals surface area (Å²) in [5.41, 5.74) is 3.55. The molecule has 1 fully saturated rings. The molecule has 0 saturated carbocycles. The van der Waals surface area contributed by atoms with Crippen molar-refractivity contribution in [3.63, 3.8) is 0 Å². The van der Waals surface area contributed by atoms with E-state index in [1.165, 1.54) is 0 Å². The molecule has 0 amide bonds. The average molecular weight is 531 g/mol. The Morgan fingerprint density at radius 3 is 2.69 bits per heavy atom. The van der Waals surface area contributed by atoms with Gasteiger partial charge in [0.05, 0.1) is 34.5 Å². The van der Waals surface area contributed by atoms with Gasteiger partial charge in [0.25, 0.3) is 0 Å². The monoisotopic (exact) mass is 530 g/mol. The van der Waals surface area contributed by atoms with Crippen molar-refractivity contribution < 1.29 is 9.50 Å². The lowest BCUT2D eigenvalue weighted by Crippen LogP contribution is -2.44. The van der Waals surface area contributed by atoms with Gasteiger partial charge in [-0.25, -0.2) is 14.4 Å². The minimum atomic E-state index is -0.735. The first-order valence-electron chi connectivity index (χ1n) is 13.1. The zero-order valence-electron chi connectivity index (χ0n) is 22.1. The Kier molecular flexibility index (Phi) is 6.57. The van der Waals surface area contributed by atoms with E-state index in [9.17, 15) is 5.11 Å². The number of nitrogens with one attached hydrogen (secondary N) is 3. The fraction of sp³-hybridized carbons (Fsp3) is 0.370. The molecule has 6 rings (SSSR count). The van der Waals surface area contributed by atoms with Crippen molar-refractivity contribution >= 4 is 33.4 Å². The second-order valence-corrected chi connectivity index (χ2v) is 10.4. The van der Waals surface area contributed by atoms with Crippen molar-refractivity contribution in [3.05, 3.63) is 42.7 Å². The van der Waals surface area contributed by atoms with Crippen LogP contribution >= 0.6 is 0 Å². The number of hydrogen-bond acceptors (Lipinski definition) is 9. The van der Waals surface area contributed by atoms with E-state index < -0.39 is 12.0 Å². The number of rotatable bonds is 7. The Hall–Kier alpha value is -4.16. The maximum absolute atomic E-state index is 16.1. The van der Waals surface area contributed by atoms with E-state index in [2.05, 4.69) is 52.3 Å². The number of anilines is 2. The third-order valence-corrected chi connectivity index (χ3v) is 6.99. The molecule has 1 aliphatic heterocycles. The molecule has 5 aromatic heterocycles. The molecule has 1 aliphatic rings. The largest absolute Gasteiger partial charge is 0.374 e. The average Bonchev–Trinajstić information content (AvgIpc) is 3.54. The number of H-pyrrole nitrogens is 2. The van der Waals surface area contributed by atoms with E-state index in [1.807, 2.05) is 19.9 Å². The summed E-state index contributed by atoms with van der Waals surface area (Å²) >= 11 is 0. The molecule has 1 saturated heterocycles. The van der Waals surface area contributed by atoms with Crippen molar-refractivity contribution in [1.82, 2.24) is 40.0 Å². The number of hydrogen-bond donors (Lipinski definition) is 4. The number of fused-ring (bicyclic) bond motifs is 2. The Balaban J connectivity index is 1.37. The van der Waals surface area contributed by atoms with Crippen LogP contribution in [0.2, 0.25) is 0 Å². The van der Waals surface area contributed by atoms with E-state index in [1.54, 1.807) is 30.9 Å². The summed E-state index contributed by atoms with van der Waals surface area (Å²) in [4.78, 5) is 25.8. The molecule has 11 nitrogen and oxygen atoms in total. The summed E-state index contributed by atoms with van der Waals surface area (Å²) < 4.78 is 16.1. The molecule has 5 aromatic rings. The van der Waals surface area contributed by atoms with Crippen molar-refractivity contribution in [3.8, 4) is 22.8 Å². The molecule has 0 spiro atoms. The summed E-state index contributed by atoms with van der Waals surface area (Å²) in [6.45, 7) is 7.67. The quantitative estimate of drug-likeness (QED) is 0.233. The van der Waals surface area contributed by atoms with Gasteiger partial charge in [0.1, 0.15) is 23.1 Å². The number of halogens is 1. The van der Waals surface area contributed by atoms with Crippen LogP contribution in [0.25, 0.3) is 44.7 Å². The van der Waals surface area contributed by atoms with E-state index >= 15 is 4.39 Å². The lowest BCUT2D eigenvalue weighted by atomic mass is 10.1. The highest BCUT2D eigenvalue weighted by Crippen LogP contribution is 2.34. The molecule has 0 aliphatic carbocycles. The summed E-state index contributed by atoms with van der Waals surface area (Å²) in [5, 5.41) is 20.9. The smallest absolute Gasteiger partial charge is 0.161 e. The second-order valence-electron chi connectivity index (χ2n) is 10.4. The summed E-state index contributed by atoms with van der Waals surface area (Å²) in [7, 11) is 2.11. The number of imidazole rings is 1. The van der Waals surface area contributed by atoms with E-state index in [0.29, 0.717) is 40.6 Å². The Labute approximate surface area is 224 Å². The second kappa shape index (κ2) is 10.2. The molecule has 6 heterocycles. The van der Waals surface area contributed by atoms with E-state index in [4.69, 9.17) is 4.98 Å². The molecular weight excluding hydrogens is 499 g/mol. The minimum Gasteiger partial charge on any atom is -0.374 e. The maximum atomic E-state index is 16.1. The van der Waals surface area contributed by atoms with Gasteiger partial charge in [-0.05, 0) is 31.5 Å². The van der Waals surface area contributed by atoms with Gasteiger partial charge in [-0.1, -0.05) is 13.8 Å². The molecule has 0 bridgehead atoms. The predicted molar refractivity (Wildman–Crippen MR) is 149 cm³/mol. The fourth-order valence-corrected chi connectivity index (χ4v) is 4.98. The Morgan fingerprint density at radius 1 is 1.08 bits per heavy atom. The summed E-state index contributed by atoms with van der Waals surface area (Å²) in [5.74, 6) is 1.04. The van der Waals surface area contributed by atoms with Crippen LogP contribution in [-0.4, -0.2) is 84.6 Å². The number of nitrogens with zero attached hydrogens (tertiary/aromatic N) is 7. The zero-order chi connectivity index (χ0) is 27.1. The van der Waals surface area contributed by atoms with Gasteiger partial charge >= 0.3 is 0 Å². The Bertz CT molecular complexity index is 1620. The van der Waals surface area contributed by atoms with Crippen molar-refractivity contribution in [1.29, 1.82) is 0 Å². The van der Waals surface area contributed by atoms with Gasteiger partial charge in [-0.3, -0.25) is 15.1 Å². The van der Waals surface area contributed by atoms with E-state index in [-0.39, 0.29) is 11.1 Å². The lowest BCUT2D eigenvalue weighted by Gasteiger charge is -2.33. The highest BCUT2D eigenvalue weighted by Gasteiger charge is 2.23. The number of aromatic amines is 2. The topological polar surface area (TPSA) is 135 Å². The molecule has 12 heteroatoms.